The molecule has 0 fully saturated rings. The smallest absolute Gasteiger partial charge is 0.239 e. The summed E-state index contributed by atoms with van der Waals surface area (Å²) in [5.41, 5.74) is 3.86. The normalized spacial score (nSPS) is 10.5. The van der Waals surface area contributed by atoms with Gasteiger partial charge in [0.1, 0.15) is 0 Å². The molecule has 0 bridgehead atoms. The van der Waals surface area contributed by atoms with Gasteiger partial charge in [0, 0.05) is 41.9 Å². The van der Waals surface area contributed by atoms with Crippen LogP contribution in [0, 0.1) is 0 Å². The van der Waals surface area contributed by atoms with Crippen LogP contribution in [0.2, 0.25) is 0 Å². The fourth-order valence-corrected chi connectivity index (χ4v) is 2.79. The van der Waals surface area contributed by atoms with Gasteiger partial charge in [0.25, 0.3) is 0 Å². The lowest BCUT2D eigenvalue weighted by Crippen LogP contribution is -2.31. The molecule has 0 saturated carbocycles. The number of amides is 2. The average molecular weight is 350 g/mol. The quantitative estimate of drug-likeness (QED) is 0.528. The van der Waals surface area contributed by atoms with Gasteiger partial charge >= 0.3 is 0 Å². The van der Waals surface area contributed by atoms with Crippen molar-refractivity contribution in [3.8, 4) is 0 Å². The van der Waals surface area contributed by atoms with Crippen molar-refractivity contribution in [1.82, 2.24) is 10.3 Å². The SMILES string of the molecule is CC(=O)Nc1ccc(NCC(=O)NCCc2c[nH]c3ccccc23)cc1. The van der Waals surface area contributed by atoms with Crippen molar-refractivity contribution < 1.29 is 9.59 Å². The number of aromatic amines is 1. The highest BCUT2D eigenvalue weighted by Gasteiger charge is 2.05. The third-order valence-electron chi connectivity index (χ3n) is 4.05. The molecule has 134 valence electrons. The first-order chi connectivity index (χ1) is 12.6. The highest BCUT2D eigenvalue weighted by molar-refractivity contribution is 5.89. The molecule has 4 N–H and O–H groups in total. The van der Waals surface area contributed by atoms with E-state index in [0.717, 1.165) is 23.3 Å². The molecule has 0 atom stereocenters. The second-order valence-corrected chi connectivity index (χ2v) is 6.07. The molecule has 6 heteroatoms. The van der Waals surface area contributed by atoms with Crippen LogP contribution < -0.4 is 16.0 Å². The predicted octanol–water partition coefficient (Wildman–Crippen LogP) is 2.90. The van der Waals surface area contributed by atoms with Gasteiger partial charge in [-0.2, -0.15) is 0 Å². The van der Waals surface area contributed by atoms with E-state index in [1.165, 1.54) is 17.9 Å². The van der Waals surface area contributed by atoms with E-state index in [4.69, 9.17) is 0 Å². The van der Waals surface area contributed by atoms with E-state index < -0.39 is 0 Å². The average Bonchev–Trinajstić information content (AvgIpc) is 3.04. The third kappa shape index (κ3) is 4.63. The molecule has 6 nitrogen and oxygen atoms in total. The topological polar surface area (TPSA) is 86.0 Å². The fraction of sp³-hybridized carbons (Fsp3) is 0.200. The van der Waals surface area contributed by atoms with E-state index in [2.05, 4.69) is 27.0 Å². The minimum Gasteiger partial charge on any atom is -0.376 e. The van der Waals surface area contributed by atoms with Crippen molar-refractivity contribution >= 4 is 34.1 Å². The molecule has 2 amide bonds. The minimum absolute atomic E-state index is 0.0595. The molecule has 1 aromatic heterocycles. The Hall–Kier alpha value is -3.28. The Morgan fingerprint density at radius 3 is 2.50 bits per heavy atom. The summed E-state index contributed by atoms with van der Waals surface area (Å²) in [6.45, 7) is 2.25. The van der Waals surface area contributed by atoms with E-state index >= 15 is 0 Å². The second kappa shape index (κ2) is 8.20. The first-order valence-electron chi connectivity index (χ1n) is 8.55. The van der Waals surface area contributed by atoms with Gasteiger partial charge in [-0.1, -0.05) is 18.2 Å². The Balaban J connectivity index is 1.42. The van der Waals surface area contributed by atoms with Gasteiger partial charge in [0.05, 0.1) is 6.54 Å². The molecule has 3 aromatic rings. The Bertz CT molecular complexity index is 900. The lowest BCUT2D eigenvalue weighted by atomic mass is 10.1. The van der Waals surface area contributed by atoms with Crippen LogP contribution in [0.1, 0.15) is 12.5 Å². The van der Waals surface area contributed by atoms with Gasteiger partial charge in [-0.25, -0.2) is 0 Å². The summed E-state index contributed by atoms with van der Waals surface area (Å²) in [5.74, 6) is -0.170. The molecule has 0 aliphatic rings. The van der Waals surface area contributed by atoms with Gasteiger partial charge in [-0.3, -0.25) is 9.59 Å². The number of carbonyl (C=O) groups is 2. The standard InChI is InChI=1S/C20H22N4O2/c1-14(25)24-17-8-6-16(7-9-17)22-13-20(26)21-11-10-15-12-23-19-5-3-2-4-18(15)19/h2-9,12,22-23H,10-11,13H2,1H3,(H,21,26)(H,24,25). The molecule has 26 heavy (non-hydrogen) atoms. The minimum atomic E-state index is -0.111. The van der Waals surface area contributed by atoms with Gasteiger partial charge in [-0.15, -0.1) is 0 Å². The van der Waals surface area contributed by atoms with Crippen LogP contribution in [0.5, 0.6) is 0 Å². The van der Waals surface area contributed by atoms with Gasteiger partial charge in [0.2, 0.25) is 11.8 Å². The molecular weight excluding hydrogens is 328 g/mol. The molecule has 0 aliphatic heterocycles. The van der Waals surface area contributed by atoms with Crippen molar-refractivity contribution in [2.24, 2.45) is 0 Å². The maximum Gasteiger partial charge on any atom is 0.239 e. The number of carbonyl (C=O) groups excluding carboxylic acids is 2. The fourth-order valence-electron chi connectivity index (χ4n) is 2.79. The number of para-hydroxylation sites is 1. The summed E-state index contributed by atoms with van der Waals surface area (Å²) in [4.78, 5) is 26.2. The van der Waals surface area contributed by atoms with Crippen LogP contribution in [0.15, 0.2) is 54.7 Å². The van der Waals surface area contributed by atoms with Crippen LogP contribution in [-0.4, -0.2) is 29.9 Å². The van der Waals surface area contributed by atoms with E-state index in [-0.39, 0.29) is 18.4 Å². The summed E-state index contributed by atoms with van der Waals surface area (Å²) in [6.07, 6.45) is 2.77. The number of hydrogen-bond donors (Lipinski definition) is 4. The molecule has 0 radical (unpaired) electrons. The predicted molar refractivity (Wildman–Crippen MR) is 104 cm³/mol. The first kappa shape index (κ1) is 17.5. The summed E-state index contributed by atoms with van der Waals surface area (Å²) < 4.78 is 0. The van der Waals surface area contributed by atoms with Crippen LogP contribution in [0.4, 0.5) is 11.4 Å². The highest BCUT2D eigenvalue weighted by Crippen LogP contribution is 2.17. The van der Waals surface area contributed by atoms with E-state index in [1.807, 2.05) is 36.5 Å². The first-order valence-corrected chi connectivity index (χ1v) is 8.55. The van der Waals surface area contributed by atoms with Crippen LogP contribution in [0.3, 0.4) is 0 Å². The zero-order valence-corrected chi connectivity index (χ0v) is 14.6. The molecule has 3 rings (SSSR count). The van der Waals surface area contributed by atoms with Crippen molar-refractivity contribution in [3.05, 3.63) is 60.3 Å². The Labute approximate surface area is 152 Å². The van der Waals surface area contributed by atoms with Crippen molar-refractivity contribution in [1.29, 1.82) is 0 Å². The number of H-pyrrole nitrogens is 1. The monoisotopic (exact) mass is 350 g/mol. The van der Waals surface area contributed by atoms with Crippen molar-refractivity contribution in [3.63, 3.8) is 0 Å². The number of nitrogens with one attached hydrogen (secondary N) is 4. The molecule has 0 aliphatic carbocycles. The van der Waals surface area contributed by atoms with E-state index in [0.29, 0.717) is 6.54 Å². The van der Waals surface area contributed by atoms with Gasteiger partial charge in [0.15, 0.2) is 0 Å². The lowest BCUT2D eigenvalue weighted by Gasteiger charge is -2.09. The van der Waals surface area contributed by atoms with E-state index in [1.54, 1.807) is 12.1 Å². The summed E-state index contributed by atoms with van der Waals surface area (Å²) >= 11 is 0. The number of fused-ring (bicyclic) bond motifs is 1. The number of hydrogen-bond acceptors (Lipinski definition) is 3. The lowest BCUT2D eigenvalue weighted by molar-refractivity contribution is -0.119. The largest absolute Gasteiger partial charge is 0.376 e. The molecule has 2 aromatic carbocycles. The van der Waals surface area contributed by atoms with E-state index in [9.17, 15) is 9.59 Å². The van der Waals surface area contributed by atoms with Gasteiger partial charge < -0.3 is 20.9 Å². The van der Waals surface area contributed by atoms with Crippen LogP contribution in [0.25, 0.3) is 10.9 Å². The Kier molecular flexibility index (Phi) is 5.53. The van der Waals surface area contributed by atoms with Crippen molar-refractivity contribution in [2.45, 2.75) is 13.3 Å². The number of rotatable bonds is 7. The summed E-state index contributed by atoms with van der Waals surface area (Å²) in [7, 11) is 0. The summed E-state index contributed by atoms with van der Waals surface area (Å²) in [5, 5.41) is 9.88. The molecular formula is C20H22N4O2. The number of benzene rings is 2. The zero-order valence-electron chi connectivity index (χ0n) is 14.6. The Morgan fingerprint density at radius 2 is 1.73 bits per heavy atom. The zero-order chi connectivity index (χ0) is 18.4. The maximum atomic E-state index is 12.0. The second-order valence-electron chi connectivity index (χ2n) is 6.07. The molecule has 0 saturated heterocycles. The molecule has 0 unspecified atom stereocenters. The number of aromatic nitrogens is 1. The van der Waals surface area contributed by atoms with Crippen molar-refractivity contribution in [2.75, 3.05) is 23.7 Å². The Morgan fingerprint density at radius 1 is 1.00 bits per heavy atom. The molecule has 1 heterocycles. The molecule has 0 spiro atoms. The van der Waals surface area contributed by atoms with Crippen LogP contribution in [-0.2, 0) is 16.0 Å². The number of anilines is 2. The maximum absolute atomic E-state index is 12.0. The summed E-state index contributed by atoms with van der Waals surface area (Å²) in [6, 6.07) is 15.4. The van der Waals surface area contributed by atoms with Crippen LogP contribution >= 0.6 is 0 Å². The highest BCUT2D eigenvalue weighted by atomic mass is 16.2. The van der Waals surface area contributed by atoms with Gasteiger partial charge in [-0.05, 0) is 42.3 Å². The third-order valence-corrected chi connectivity index (χ3v) is 4.05.